The summed E-state index contributed by atoms with van der Waals surface area (Å²) in [6.07, 6.45) is -14.5. The van der Waals surface area contributed by atoms with E-state index in [0.717, 1.165) is 13.8 Å². The molecule has 0 aliphatic rings. The Balaban J connectivity index is 3.43. The number of Topliss-reactive ketones (excluding diaryl/α,β-unsaturated/α-hetero) is 2. The third-order valence-electron chi connectivity index (χ3n) is 5.52. The van der Waals surface area contributed by atoms with Crippen LogP contribution in [0.15, 0.2) is 24.3 Å². The number of nitro groups is 2. The van der Waals surface area contributed by atoms with E-state index in [9.17, 15) is 66.4 Å². The highest BCUT2D eigenvalue weighted by Gasteiger charge is 2.74. The molecule has 0 aliphatic heterocycles. The maximum Gasteiger partial charge on any atom is 0.411 e. The van der Waals surface area contributed by atoms with Crippen LogP contribution in [-0.2, 0) is 5.41 Å². The molecule has 0 aromatic heterocycles. The largest absolute Gasteiger partial charge is 0.502 e. The number of hydrogen-bond donors (Lipinski definition) is 2. The second kappa shape index (κ2) is 9.67. The fourth-order valence-electron chi connectivity index (χ4n) is 3.83. The lowest BCUT2D eigenvalue weighted by Crippen LogP contribution is -2.56. The van der Waals surface area contributed by atoms with Gasteiger partial charge in [0.15, 0.2) is 23.1 Å². The van der Waals surface area contributed by atoms with Crippen LogP contribution < -0.4 is 0 Å². The monoisotopic (exact) mass is 538 g/mol. The number of rotatable bonds is 8. The molecule has 2 aromatic carbocycles. The summed E-state index contributed by atoms with van der Waals surface area (Å²) in [5, 5.41) is 42.4. The fraction of sp³-hybridized carbons (Fsp3) is 0.333. The maximum atomic E-state index is 14.8. The number of phenols is 2. The Morgan fingerprint density at radius 1 is 0.730 bits per heavy atom. The van der Waals surface area contributed by atoms with Gasteiger partial charge in [0.2, 0.25) is 5.41 Å². The van der Waals surface area contributed by atoms with Crippen molar-refractivity contribution in [1.82, 2.24) is 0 Å². The number of nitro benzene ring substituents is 2. The van der Waals surface area contributed by atoms with Crippen molar-refractivity contribution in [1.29, 1.82) is 0 Å². The first-order valence-corrected chi connectivity index (χ1v) is 10.1. The minimum Gasteiger partial charge on any atom is -0.502 e. The lowest BCUT2D eigenvalue weighted by atomic mass is 9.68. The molecule has 0 spiro atoms. The van der Waals surface area contributed by atoms with E-state index in [1.54, 1.807) is 0 Å². The maximum absolute atomic E-state index is 14.8. The van der Waals surface area contributed by atoms with E-state index in [1.807, 2.05) is 0 Å². The first-order chi connectivity index (χ1) is 16.9. The molecule has 2 aromatic rings. The number of nitrogens with zero attached hydrogens (tertiary/aromatic N) is 2. The van der Waals surface area contributed by atoms with E-state index in [1.165, 1.54) is 0 Å². The highest BCUT2D eigenvalue weighted by atomic mass is 19.4. The van der Waals surface area contributed by atoms with E-state index in [2.05, 4.69) is 0 Å². The Morgan fingerprint density at radius 2 is 1.03 bits per heavy atom. The normalized spacial score (nSPS) is 12.3. The summed E-state index contributed by atoms with van der Waals surface area (Å²) in [6, 6.07) is -0.500. The minimum absolute atomic E-state index is 0.0572. The summed E-state index contributed by atoms with van der Waals surface area (Å²) < 4.78 is 88.8. The zero-order valence-electron chi connectivity index (χ0n) is 18.7. The van der Waals surface area contributed by atoms with Gasteiger partial charge in [-0.2, -0.15) is 26.3 Å². The van der Waals surface area contributed by atoms with Gasteiger partial charge in [-0.15, -0.1) is 0 Å². The first kappa shape index (κ1) is 29.0. The number of aromatic hydroxyl groups is 2. The third-order valence-corrected chi connectivity index (χ3v) is 5.52. The van der Waals surface area contributed by atoms with Crippen molar-refractivity contribution in [2.45, 2.75) is 44.5 Å². The minimum atomic E-state index is -6.54. The molecule has 0 amide bonds. The summed E-state index contributed by atoms with van der Waals surface area (Å²) in [7, 11) is 0. The van der Waals surface area contributed by atoms with Gasteiger partial charge in [-0.1, -0.05) is 13.8 Å². The molecular formula is C21H16F6N2O8. The van der Waals surface area contributed by atoms with Gasteiger partial charge in [0, 0.05) is 36.1 Å². The van der Waals surface area contributed by atoms with Crippen molar-refractivity contribution in [2.75, 3.05) is 0 Å². The molecule has 2 N–H and O–H groups in total. The molecule has 200 valence electrons. The van der Waals surface area contributed by atoms with Gasteiger partial charge in [-0.25, -0.2) is 0 Å². The summed E-state index contributed by atoms with van der Waals surface area (Å²) in [5.41, 5.74) is -15.7. The van der Waals surface area contributed by atoms with Crippen LogP contribution in [0, 0.1) is 20.2 Å². The van der Waals surface area contributed by atoms with E-state index < -0.39 is 97.1 Å². The van der Waals surface area contributed by atoms with Crippen LogP contribution in [0.4, 0.5) is 37.7 Å². The van der Waals surface area contributed by atoms with Crippen LogP contribution in [0.2, 0.25) is 0 Å². The SMILES string of the molecule is CCC(=O)c1cc(O)c([N+](=O)[O-])cc1C(c1cc([N+](=O)[O-])c(O)cc1C(=O)CC)(C(F)(F)F)C(F)(F)F. The second-order valence-electron chi connectivity index (χ2n) is 7.59. The van der Waals surface area contributed by atoms with Gasteiger partial charge in [0.1, 0.15) is 0 Å². The average Bonchev–Trinajstić information content (AvgIpc) is 2.77. The fourth-order valence-corrected chi connectivity index (χ4v) is 3.83. The molecule has 10 nitrogen and oxygen atoms in total. The Kier molecular flexibility index (Phi) is 7.57. The lowest BCUT2D eigenvalue weighted by molar-refractivity contribution is -0.386. The van der Waals surface area contributed by atoms with Gasteiger partial charge in [0.25, 0.3) is 0 Å². The molecule has 0 saturated carbocycles. The van der Waals surface area contributed by atoms with Crippen molar-refractivity contribution in [3.05, 3.63) is 66.7 Å². The molecule has 0 saturated heterocycles. The zero-order valence-corrected chi connectivity index (χ0v) is 18.7. The standard InChI is InChI=1S/C21H16F6N2O8/c1-3-15(30)9-5-17(32)13(28(34)35)7-11(9)19(20(22,23)24,21(25,26)27)12-8-14(29(36)37)18(33)6-10(12)16(31)4-2/h5-8,32-33H,3-4H2,1-2H3. The van der Waals surface area contributed by atoms with Gasteiger partial charge >= 0.3 is 23.7 Å². The molecule has 16 heteroatoms. The Morgan fingerprint density at radius 3 is 1.24 bits per heavy atom. The molecule has 0 aliphatic carbocycles. The van der Waals surface area contributed by atoms with Crippen LogP contribution in [-0.4, -0.2) is 44.0 Å². The topological polar surface area (TPSA) is 161 Å². The third kappa shape index (κ3) is 4.65. The summed E-state index contributed by atoms with van der Waals surface area (Å²) >= 11 is 0. The highest BCUT2D eigenvalue weighted by molar-refractivity contribution is 6.01. The molecular weight excluding hydrogens is 522 g/mol. The zero-order chi connectivity index (χ0) is 28.7. The second-order valence-corrected chi connectivity index (χ2v) is 7.59. The Labute approximate surface area is 202 Å². The summed E-state index contributed by atoms with van der Waals surface area (Å²) in [5.74, 6) is -5.67. The average molecular weight is 538 g/mol. The lowest BCUT2D eigenvalue weighted by Gasteiger charge is -2.40. The number of carbonyl (C=O) groups excluding carboxylic acids is 2. The van der Waals surface area contributed by atoms with Crippen LogP contribution >= 0.6 is 0 Å². The van der Waals surface area contributed by atoms with Gasteiger partial charge < -0.3 is 10.2 Å². The molecule has 0 radical (unpaired) electrons. The van der Waals surface area contributed by atoms with Crippen molar-refractivity contribution in [3.8, 4) is 11.5 Å². The molecule has 0 heterocycles. The quantitative estimate of drug-likeness (QED) is 0.192. The van der Waals surface area contributed by atoms with Crippen molar-refractivity contribution >= 4 is 22.9 Å². The molecule has 0 unspecified atom stereocenters. The predicted molar refractivity (Wildman–Crippen MR) is 112 cm³/mol. The van der Waals surface area contributed by atoms with Crippen LogP contribution in [0.25, 0.3) is 0 Å². The number of halogens is 6. The highest BCUT2D eigenvalue weighted by Crippen LogP contribution is 2.59. The van der Waals surface area contributed by atoms with E-state index in [-0.39, 0.29) is 24.3 Å². The number of benzene rings is 2. The Hall–Kier alpha value is -4.24. The van der Waals surface area contributed by atoms with Crippen molar-refractivity contribution in [2.24, 2.45) is 0 Å². The number of hydrogen-bond acceptors (Lipinski definition) is 8. The summed E-state index contributed by atoms with van der Waals surface area (Å²) in [4.78, 5) is 44.6. The van der Waals surface area contributed by atoms with Gasteiger partial charge in [-0.05, 0) is 23.3 Å². The first-order valence-electron chi connectivity index (χ1n) is 10.1. The molecule has 0 atom stereocenters. The van der Waals surface area contributed by atoms with Crippen LogP contribution in [0.5, 0.6) is 11.5 Å². The number of phenolic OH excluding ortho intramolecular Hbond substituents is 2. The van der Waals surface area contributed by atoms with Crippen molar-refractivity contribution in [3.63, 3.8) is 0 Å². The Bertz CT molecular complexity index is 1200. The van der Waals surface area contributed by atoms with Crippen LogP contribution in [0.1, 0.15) is 58.5 Å². The summed E-state index contributed by atoms with van der Waals surface area (Å²) in [6.45, 7) is 2.09. The number of ketones is 2. The van der Waals surface area contributed by atoms with E-state index >= 15 is 0 Å². The number of carbonyl (C=O) groups is 2. The smallest absolute Gasteiger partial charge is 0.411 e. The van der Waals surface area contributed by atoms with Crippen molar-refractivity contribution < 1.29 is 56.0 Å². The molecule has 2 rings (SSSR count). The van der Waals surface area contributed by atoms with Gasteiger partial charge in [0.05, 0.1) is 9.85 Å². The molecule has 0 bridgehead atoms. The predicted octanol–water partition coefficient (Wildman–Crippen LogP) is 5.51. The van der Waals surface area contributed by atoms with Gasteiger partial charge in [-0.3, -0.25) is 29.8 Å². The molecule has 37 heavy (non-hydrogen) atoms. The number of alkyl halides is 6. The molecule has 0 fully saturated rings. The van der Waals surface area contributed by atoms with E-state index in [4.69, 9.17) is 0 Å². The van der Waals surface area contributed by atoms with E-state index in [0.29, 0.717) is 0 Å². The van der Waals surface area contributed by atoms with Crippen LogP contribution in [0.3, 0.4) is 0 Å².